The van der Waals surface area contributed by atoms with Gasteiger partial charge in [0.05, 0.1) is 0 Å². The monoisotopic (exact) mass is 201 g/mol. The number of phenols is 1. The second kappa shape index (κ2) is 3.61. The second-order valence-corrected chi connectivity index (χ2v) is 3.39. The first kappa shape index (κ1) is 9.52. The van der Waals surface area contributed by atoms with Gasteiger partial charge in [-0.2, -0.15) is 0 Å². The van der Waals surface area contributed by atoms with E-state index in [9.17, 15) is 9.90 Å². The van der Waals surface area contributed by atoms with Crippen molar-refractivity contribution in [2.24, 2.45) is 0 Å². The summed E-state index contributed by atoms with van der Waals surface area (Å²) >= 11 is 0. The van der Waals surface area contributed by atoms with Crippen LogP contribution in [-0.2, 0) is 4.79 Å². The normalized spacial score (nSPS) is 10.2. The molecule has 0 aliphatic carbocycles. The average molecular weight is 201 g/mol. The Morgan fingerprint density at radius 3 is 2.80 bits per heavy atom. The molecule has 2 N–H and O–H groups in total. The van der Waals surface area contributed by atoms with Gasteiger partial charge in [0.1, 0.15) is 5.75 Å². The number of hydrogen-bond donors (Lipinski definition) is 2. The molecule has 0 spiro atoms. The molecule has 3 heteroatoms. The van der Waals surface area contributed by atoms with Crippen LogP contribution >= 0.6 is 0 Å². The minimum atomic E-state index is -0.101. The van der Waals surface area contributed by atoms with Crippen LogP contribution in [0.25, 0.3) is 10.8 Å². The van der Waals surface area contributed by atoms with Crippen molar-refractivity contribution in [3.63, 3.8) is 0 Å². The first-order valence-electron chi connectivity index (χ1n) is 4.66. The predicted octanol–water partition coefficient (Wildman–Crippen LogP) is 2.50. The Bertz CT molecular complexity index is 520. The molecule has 2 rings (SSSR count). The van der Waals surface area contributed by atoms with Crippen LogP contribution in [0.5, 0.6) is 5.75 Å². The van der Waals surface area contributed by atoms with E-state index in [1.54, 1.807) is 18.2 Å². The molecular formula is C12H11NO2. The SMILES string of the molecule is CC(=O)Nc1cccc2cc(O)ccc12. The molecule has 2 aromatic rings. The van der Waals surface area contributed by atoms with E-state index in [-0.39, 0.29) is 11.7 Å². The highest BCUT2D eigenvalue weighted by Crippen LogP contribution is 2.26. The third kappa shape index (κ3) is 1.91. The van der Waals surface area contributed by atoms with Crippen LogP contribution in [0, 0.1) is 0 Å². The first-order valence-corrected chi connectivity index (χ1v) is 4.66. The molecule has 2 aromatic carbocycles. The number of nitrogens with one attached hydrogen (secondary N) is 1. The summed E-state index contributed by atoms with van der Waals surface area (Å²) in [6.45, 7) is 1.47. The number of phenolic OH excluding ortho intramolecular Hbond substituents is 1. The van der Waals surface area contributed by atoms with Crippen molar-refractivity contribution in [2.75, 3.05) is 5.32 Å². The molecule has 3 nitrogen and oxygen atoms in total. The Morgan fingerprint density at radius 2 is 2.07 bits per heavy atom. The molecule has 0 fully saturated rings. The molecule has 0 atom stereocenters. The van der Waals surface area contributed by atoms with Gasteiger partial charge in [0, 0.05) is 18.0 Å². The van der Waals surface area contributed by atoms with Gasteiger partial charge in [0.2, 0.25) is 5.91 Å². The Labute approximate surface area is 87.3 Å². The Balaban J connectivity index is 2.60. The van der Waals surface area contributed by atoms with Crippen molar-refractivity contribution in [1.82, 2.24) is 0 Å². The number of anilines is 1. The van der Waals surface area contributed by atoms with Crippen LogP contribution in [0.15, 0.2) is 36.4 Å². The van der Waals surface area contributed by atoms with Crippen LogP contribution < -0.4 is 5.32 Å². The van der Waals surface area contributed by atoms with Crippen molar-refractivity contribution in [2.45, 2.75) is 6.92 Å². The molecule has 0 aromatic heterocycles. The summed E-state index contributed by atoms with van der Waals surface area (Å²) in [4.78, 5) is 11.0. The van der Waals surface area contributed by atoms with Gasteiger partial charge in [-0.3, -0.25) is 4.79 Å². The summed E-state index contributed by atoms with van der Waals surface area (Å²) in [5, 5.41) is 13.9. The minimum absolute atomic E-state index is 0.101. The van der Waals surface area contributed by atoms with Crippen LogP contribution in [0.3, 0.4) is 0 Å². The highest BCUT2D eigenvalue weighted by atomic mass is 16.3. The van der Waals surface area contributed by atoms with Crippen molar-refractivity contribution in [1.29, 1.82) is 0 Å². The molecular weight excluding hydrogens is 190 g/mol. The number of benzene rings is 2. The Kier molecular flexibility index (Phi) is 2.29. The lowest BCUT2D eigenvalue weighted by atomic mass is 10.1. The summed E-state index contributed by atoms with van der Waals surface area (Å²) in [7, 11) is 0. The van der Waals surface area contributed by atoms with Gasteiger partial charge in [-0.25, -0.2) is 0 Å². The van der Waals surface area contributed by atoms with E-state index in [2.05, 4.69) is 5.32 Å². The van der Waals surface area contributed by atoms with E-state index in [0.29, 0.717) is 0 Å². The molecule has 15 heavy (non-hydrogen) atoms. The highest BCUT2D eigenvalue weighted by molar-refractivity contribution is 6.01. The molecule has 0 radical (unpaired) electrons. The van der Waals surface area contributed by atoms with Crippen molar-refractivity contribution in [3.05, 3.63) is 36.4 Å². The summed E-state index contributed by atoms with van der Waals surface area (Å²) in [6.07, 6.45) is 0. The lowest BCUT2D eigenvalue weighted by molar-refractivity contribution is -0.114. The van der Waals surface area contributed by atoms with Crippen LogP contribution in [-0.4, -0.2) is 11.0 Å². The van der Waals surface area contributed by atoms with E-state index in [4.69, 9.17) is 0 Å². The molecule has 0 unspecified atom stereocenters. The molecule has 0 heterocycles. The average Bonchev–Trinajstić information content (AvgIpc) is 2.16. The van der Waals surface area contributed by atoms with Gasteiger partial charge in [0.25, 0.3) is 0 Å². The Hall–Kier alpha value is -2.03. The van der Waals surface area contributed by atoms with E-state index >= 15 is 0 Å². The third-order valence-electron chi connectivity index (χ3n) is 2.17. The van der Waals surface area contributed by atoms with E-state index in [0.717, 1.165) is 16.5 Å². The topological polar surface area (TPSA) is 49.3 Å². The van der Waals surface area contributed by atoms with E-state index < -0.39 is 0 Å². The van der Waals surface area contributed by atoms with Crippen molar-refractivity contribution in [3.8, 4) is 5.75 Å². The number of aromatic hydroxyl groups is 1. The van der Waals surface area contributed by atoms with E-state index in [1.165, 1.54) is 6.92 Å². The zero-order valence-electron chi connectivity index (χ0n) is 8.32. The van der Waals surface area contributed by atoms with Gasteiger partial charge < -0.3 is 10.4 Å². The lowest BCUT2D eigenvalue weighted by Crippen LogP contribution is -2.05. The third-order valence-corrected chi connectivity index (χ3v) is 2.17. The minimum Gasteiger partial charge on any atom is -0.508 e. The quantitative estimate of drug-likeness (QED) is 0.744. The van der Waals surface area contributed by atoms with Crippen LogP contribution in [0.1, 0.15) is 6.92 Å². The van der Waals surface area contributed by atoms with E-state index in [1.807, 2.05) is 18.2 Å². The molecule has 1 amide bonds. The second-order valence-electron chi connectivity index (χ2n) is 3.39. The largest absolute Gasteiger partial charge is 0.508 e. The van der Waals surface area contributed by atoms with Crippen LogP contribution in [0.4, 0.5) is 5.69 Å². The van der Waals surface area contributed by atoms with Gasteiger partial charge >= 0.3 is 0 Å². The summed E-state index contributed by atoms with van der Waals surface area (Å²) in [5.74, 6) is 0.123. The summed E-state index contributed by atoms with van der Waals surface area (Å²) < 4.78 is 0. The number of hydrogen-bond acceptors (Lipinski definition) is 2. The maximum Gasteiger partial charge on any atom is 0.221 e. The maximum atomic E-state index is 11.0. The molecule has 76 valence electrons. The van der Waals surface area contributed by atoms with Gasteiger partial charge in [-0.1, -0.05) is 12.1 Å². The fourth-order valence-electron chi connectivity index (χ4n) is 1.57. The standard InChI is InChI=1S/C12H11NO2/c1-8(14)13-12-4-2-3-9-7-10(15)5-6-11(9)12/h2-7,15H,1H3,(H,13,14). The lowest BCUT2D eigenvalue weighted by Gasteiger charge is -2.06. The first-order chi connectivity index (χ1) is 7.16. The van der Waals surface area contributed by atoms with Crippen molar-refractivity contribution >= 4 is 22.4 Å². The predicted molar refractivity (Wildman–Crippen MR) is 59.9 cm³/mol. The number of carbonyl (C=O) groups is 1. The molecule has 0 saturated carbocycles. The zero-order chi connectivity index (χ0) is 10.8. The number of fused-ring (bicyclic) bond motifs is 1. The number of carbonyl (C=O) groups excluding carboxylic acids is 1. The summed E-state index contributed by atoms with van der Waals surface area (Å²) in [6, 6.07) is 10.6. The number of amides is 1. The van der Waals surface area contributed by atoms with Crippen LogP contribution in [0.2, 0.25) is 0 Å². The molecule has 0 bridgehead atoms. The van der Waals surface area contributed by atoms with Gasteiger partial charge in [-0.05, 0) is 29.7 Å². The molecule has 0 aliphatic heterocycles. The highest BCUT2D eigenvalue weighted by Gasteiger charge is 2.02. The van der Waals surface area contributed by atoms with Gasteiger partial charge in [-0.15, -0.1) is 0 Å². The van der Waals surface area contributed by atoms with Gasteiger partial charge in [0.15, 0.2) is 0 Å². The Morgan fingerprint density at radius 1 is 1.27 bits per heavy atom. The smallest absolute Gasteiger partial charge is 0.221 e. The molecule has 0 saturated heterocycles. The fourth-order valence-corrected chi connectivity index (χ4v) is 1.57. The van der Waals surface area contributed by atoms with Crippen molar-refractivity contribution < 1.29 is 9.90 Å². The molecule has 0 aliphatic rings. The summed E-state index contributed by atoms with van der Waals surface area (Å²) in [5.41, 5.74) is 0.764. The fraction of sp³-hybridized carbons (Fsp3) is 0.0833. The zero-order valence-corrected chi connectivity index (χ0v) is 8.32. The maximum absolute atomic E-state index is 11.0. The number of rotatable bonds is 1.